The predicted octanol–water partition coefficient (Wildman–Crippen LogP) is 5.57. The van der Waals surface area contributed by atoms with Crippen molar-refractivity contribution in [2.45, 2.75) is 82.4 Å². The van der Waals surface area contributed by atoms with Crippen molar-refractivity contribution in [3.8, 4) is 6.07 Å². The van der Waals surface area contributed by atoms with Gasteiger partial charge < -0.3 is 13.9 Å². The standard InChI is InChI=1S/C30H38N2O5Si/c1-8-30-23(35-5)17-29(37-30,15-16-36-38(6,7)28(2,3)4)24-25(30)27(34)32(26(24)33)22-14-13-19(18-31)20-11-9-10-12-21(20)22/h9-14,23-25H,8,15-17H2,1-7H3/t23-,24+,25-,29?,30?/m0/s1. The number of hydrogen-bond donors (Lipinski definition) is 0. The Bertz CT molecular complexity index is 1340. The lowest BCUT2D eigenvalue weighted by atomic mass is 9.64. The van der Waals surface area contributed by atoms with Gasteiger partial charge in [0.25, 0.3) is 0 Å². The molecule has 3 aliphatic rings. The minimum Gasteiger partial charge on any atom is -0.417 e. The highest BCUT2D eigenvalue weighted by atomic mass is 28.4. The van der Waals surface area contributed by atoms with E-state index in [-0.39, 0.29) is 23.0 Å². The van der Waals surface area contributed by atoms with E-state index in [2.05, 4.69) is 39.9 Å². The van der Waals surface area contributed by atoms with Gasteiger partial charge in [0.1, 0.15) is 5.60 Å². The van der Waals surface area contributed by atoms with Gasteiger partial charge in [0.2, 0.25) is 11.8 Å². The number of carbonyl (C=O) groups is 2. The molecule has 7 nitrogen and oxygen atoms in total. The molecule has 38 heavy (non-hydrogen) atoms. The van der Waals surface area contributed by atoms with E-state index in [0.717, 1.165) is 5.39 Å². The van der Waals surface area contributed by atoms with E-state index in [0.29, 0.717) is 42.5 Å². The quantitative estimate of drug-likeness (QED) is 0.341. The molecule has 2 aromatic rings. The van der Waals surface area contributed by atoms with E-state index in [4.69, 9.17) is 13.9 Å². The van der Waals surface area contributed by atoms with Gasteiger partial charge in [0, 0.05) is 30.9 Å². The molecule has 0 radical (unpaired) electrons. The first kappa shape index (κ1) is 27.0. The molecule has 2 unspecified atom stereocenters. The van der Waals surface area contributed by atoms with Crippen molar-refractivity contribution < 1.29 is 23.5 Å². The number of benzene rings is 2. The summed E-state index contributed by atoms with van der Waals surface area (Å²) < 4.78 is 19.3. The zero-order chi connectivity index (χ0) is 27.7. The fourth-order valence-electron chi connectivity index (χ4n) is 6.74. The van der Waals surface area contributed by atoms with Crippen molar-refractivity contribution >= 4 is 36.6 Å². The zero-order valence-electron chi connectivity index (χ0n) is 23.5. The van der Waals surface area contributed by atoms with Crippen molar-refractivity contribution in [2.24, 2.45) is 11.8 Å². The molecule has 5 rings (SSSR count). The third-order valence-corrected chi connectivity index (χ3v) is 14.3. The Morgan fingerprint density at radius 3 is 2.37 bits per heavy atom. The van der Waals surface area contributed by atoms with Crippen LogP contribution in [0.2, 0.25) is 18.1 Å². The summed E-state index contributed by atoms with van der Waals surface area (Å²) in [4.78, 5) is 29.8. The van der Waals surface area contributed by atoms with Crippen molar-refractivity contribution in [1.29, 1.82) is 5.26 Å². The molecule has 3 saturated heterocycles. The van der Waals surface area contributed by atoms with Crippen LogP contribution in [0, 0.1) is 23.2 Å². The molecule has 3 fully saturated rings. The number of ether oxygens (including phenoxy) is 2. The molecule has 3 aliphatic heterocycles. The molecule has 2 bridgehead atoms. The molecule has 0 spiro atoms. The molecule has 8 heteroatoms. The predicted molar refractivity (Wildman–Crippen MR) is 148 cm³/mol. The maximum Gasteiger partial charge on any atom is 0.240 e. The Hall–Kier alpha value is -2.57. The summed E-state index contributed by atoms with van der Waals surface area (Å²) in [7, 11) is -0.346. The number of imide groups is 1. The molecule has 0 N–H and O–H groups in total. The van der Waals surface area contributed by atoms with Crippen molar-refractivity contribution in [2.75, 3.05) is 18.6 Å². The average molecular weight is 535 g/mol. The molecule has 5 atom stereocenters. The fourth-order valence-corrected chi connectivity index (χ4v) is 7.78. The minimum absolute atomic E-state index is 0.0637. The maximum absolute atomic E-state index is 14.3. The molecule has 3 heterocycles. The highest BCUT2D eigenvalue weighted by molar-refractivity contribution is 6.74. The second kappa shape index (κ2) is 8.99. The van der Waals surface area contributed by atoms with E-state index in [1.165, 1.54) is 4.90 Å². The second-order valence-electron chi connectivity index (χ2n) is 12.5. The summed E-state index contributed by atoms with van der Waals surface area (Å²) in [5.41, 5.74) is -0.652. The van der Waals surface area contributed by atoms with Crippen LogP contribution in [0.1, 0.15) is 52.5 Å². The Balaban J connectivity index is 1.56. The van der Waals surface area contributed by atoms with Crippen molar-refractivity contribution in [3.63, 3.8) is 0 Å². The molecular weight excluding hydrogens is 496 g/mol. The number of nitrogens with zero attached hydrogens (tertiary/aromatic N) is 2. The molecule has 2 amide bonds. The lowest BCUT2D eigenvalue weighted by Gasteiger charge is -2.38. The van der Waals surface area contributed by atoms with Crippen molar-refractivity contribution in [1.82, 2.24) is 0 Å². The summed E-state index contributed by atoms with van der Waals surface area (Å²) in [6.45, 7) is 13.5. The Kier molecular flexibility index (Phi) is 6.39. The fraction of sp³-hybridized carbons (Fsp3) is 0.567. The summed E-state index contributed by atoms with van der Waals surface area (Å²) in [6.07, 6.45) is 1.37. The highest BCUT2D eigenvalue weighted by Crippen LogP contribution is 2.64. The first-order valence-electron chi connectivity index (χ1n) is 13.5. The molecule has 202 valence electrons. The maximum atomic E-state index is 14.3. The van der Waals surface area contributed by atoms with Crippen LogP contribution in [0.4, 0.5) is 5.69 Å². The van der Waals surface area contributed by atoms with E-state index in [1.54, 1.807) is 19.2 Å². The van der Waals surface area contributed by atoms with Crippen molar-refractivity contribution in [3.05, 3.63) is 42.0 Å². The third kappa shape index (κ3) is 3.63. The van der Waals surface area contributed by atoms with E-state index in [9.17, 15) is 14.9 Å². The van der Waals surface area contributed by atoms with Gasteiger partial charge in [-0.3, -0.25) is 9.59 Å². The van der Waals surface area contributed by atoms with Gasteiger partial charge in [-0.1, -0.05) is 52.0 Å². The molecule has 0 aromatic heterocycles. The summed E-state index contributed by atoms with van der Waals surface area (Å²) in [5.74, 6) is -1.70. The highest BCUT2D eigenvalue weighted by Gasteiger charge is 2.78. The number of hydrogen-bond acceptors (Lipinski definition) is 6. The first-order chi connectivity index (χ1) is 17.9. The minimum atomic E-state index is -2.01. The third-order valence-electron chi connectivity index (χ3n) is 9.76. The van der Waals surface area contributed by atoms with Gasteiger partial charge in [0.15, 0.2) is 8.32 Å². The topological polar surface area (TPSA) is 88.9 Å². The van der Waals surface area contributed by atoms with Gasteiger partial charge in [-0.15, -0.1) is 0 Å². The molecule has 2 aromatic carbocycles. The SMILES string of the molecule is CCC12OC(CCO[Si](C)(C)C(C)(C)C)(C[C@@H]1OC)[C@H]1C(=O)N(c3ccc(C#N)c4ccccc34)C(=O)[C@H]12. The van der Waals surface area contributed by atoms with Gasteiger partial charge in [0.05, 0.1) is 40.9 Å². The number of nitriles is 1. The lowest BCUT2D eigenvalue weighted by Crippen LogP contribution is -2.52. The summed E-state index contributed by atoms with van der Waals surface area (Å²) >= 11 is 0. The summed E-state index contributed by atoms with van der Waals surface area (Å²) in [5, 5.41) is 11.1. The van der Waals surface area contributed by atoms with Crippen LogP contribution in [0.3, 0.4) is 0 Å². The van der Waals surface area contributed by atoms with Crippen LogP contribution in [0.5, 0.6) is 0 Å². The van der Waals surface area contributed by atoms with Gasteiger partial charge in [-0.05, 0) is 43.1 Å². The number of methoxy groups -OCH3 is 1. The summed E-state index contributed by atoms with van der Waals surface area (Å²) in [6, 6.07) is 13.1. The van der Waals surface area contributed by atoms with E-state index in [1.807, 2.05) is 31.2 Å². The van der Waals surface area contributed by atoms with Gasteiger partial charge >= 0.3 is 0 Å². The van der Waals surface area contributed by atoms with Crippen LogP contribution in [0.15, 0.2) is 36.4 Å². The smallest absolute Gasteiger partial charge is 0.240 e. The number of anilines is 1. The largest absolute Gasteiger partial charge is 0.417 e. The Labute approximate surface area is 226 Å². The number of amides is 2. The number of rotatable bonds is 7. The molecular formula is C30H38N2O5Si. The Morgan fingerprint density at radius 1 is 1.11 bits per heavy atom. The normalized spacial score (nSPS) is 30.8. The van der Waals surface area contributed by atoms with E-state index < -0.39 is 31.4 Å². The zero-order valence-corrected chi connectivity index (χ0v) is 24.5. The van der Waals surface area contributed by atoms with Crippen LogP contribution in [0.25, 0.3) is 10.8 Å². The average Bonchev–Trinajstić information content (AvgIpc) is 3.46. The first-order valence-corrected chi connectivity index (χ1v) is 16.4. The van der Waals surface area contributed by atoms with Crippen LogP contribution in [-0.4, -0.2) is 51.2 Å². The van der Waals surface area contributed by atoms with Gasteiger partial charge in [-0.2, -0.15) is 5.26 Å². The molecule has 0 saturated carbocycles. The van der Waals surface area contributed by atoms with Crippen LogP contribution < -0.4 is 4.90 Å². The van der Waals surface area contributed by atoms with Gasteiger partial charge in [-0.25, -0.2) is 4.90 Å². The monoisotopic (exact) mass is 534 g/mol. The lowest BCUT2D eigenvalue weighted by molar-refractivity contribution is -0.138. The van der Waals surface area contributed by atoms with Crippen LogP contribution >= 0.6 is 0 Å². The van der Waals surface area contributed by atoms with Crippen LogP contribution in [-0.2, 0) is 23.5 Å². The molecule has 0 aliphatic carbocycles. The second-order valence-corrected chi connectivity index (χ2v) is 17.3. The Morgan fingerprint density at radius 2 is 1.76 bits per heavy atom. The van der Waals surface area contributed by atoms with E-state index >= 15 is 0 Å². The number of carbonyl (C=O) groups excluding carboxylic acids is 2. The number of fused-ring (bicyclic) bond motifs is 6.